The number of anilines is 4. The molecule has 436 valence electrons. The predicted molar refractivity (Wildman–Crippen MR) is 329 cm³/mol. The number of aromatic nitrogens is 5. The first-order valence-corrected chi connectivity index (χ1v) is 29.9. The Bertz CT molecular complexity index is 3560. The molecular weight excluding hydrogens is 1050 g/mol. The predicted octanol–water partition coefficient (Wildman–Crippen LogP) is 13.8. The van der Waals surface area contributed by atoms with Gasteiger partial charge in [0.25, 0.3) is 11.8 Å². The van der Waals surface area contributed by atoms with Crippen LogP contribution in [-0.2, 0) is 15.9 Å². The average Bonchev–Trinajstić information content (AvgIpc) is 3.66. The van der Waals surface area contributed by atoms with Gasteiger partial charge < -0.3 is 35.7 Å². The number of amides is 4. The van der Waals surface area contributed by atoms with Gasteiger partial charge in [-0.1, -0.05) is 48.5 Å². The van der Waals surface area contributed by atoms with Crippen molar-refractivity contribution in [2.75, 3.05) is 21.3 Å². The van der Waals surface area contributed by atoms with E-state index < -0.39 is 23.4 Å². The third-order valence-electron chi connectivity index (χ3n) is 15.9. The quantitative estimate of drug-likeness (QED) is 0.0540. The second-order valence-electron chi connectivity index (χ2n) is 25.0. The minimum atomic E-state index is -0.581. The minimum absolute atomic E-state index is 0.0436. The SMILES string of the molecule is CC(C)(C)OC(=O)Nc1ccc(C(=O)N[C@H]2CCC[C@@H](Nc3ncc(C4CC4)c(-c4c[nH]c5ccccc45)n3)C2)cc1.CC(C)(C)OC(=O)Nc1ccc(C(=O)N[C@H]2CCC[C@@H](Nc3ncc(C4CC4)c(C4=CCc5ccccc54)n3)C2)cc1. The van der Waals surface area contributed by atoms with Crippen LogP contribution < -0.4 is 31.9 Å². The molecule has 0 bridgehead atoms. The Balaban J connectivity index is 0.000000175. The summed E-state index contributed by atoms with van der Waals surface area (Å²) in [4.78, 5) is 73.0. The molecule has 17 nitrogen and oxygen atoms in total. The highest BCUT2D eigenvalue weighted by atomic mass is 16.6. The first-order chi connectivity index (χ1) is 40.4. The number of hydrogen-bond donors (Lipinski definition) is 7. The fraction of sp³-hybridized carbons (Fsp3) is 0.403. The summed E-state index contributed by atoms with van der Waals surface area (Å²) in [5.41, 5.74) is 11.7. The molecule has 3 heterocycles. The number of H-pyrrole nitrogens is 1. The molecule has 4 amide bonds. The van der Waals surface area contributed by atoms with Crippen molar-refractivity contribution in [1.82, 2.24) is 35.6 Å². The Hall–Kier alpha value is -8.60. The van der Waals surface area contributed by atoms with Gasteiger partial charge in [0.15, 0.2) is 0 Å². The Morgan fingerprint density at radius 1 is 0.536 bits per heavy atom. The van der Waals surface area contributed by atoms with E-state index in [0.29, 0.717) is 46.2 Å². The van der Waals surface area contributed by atoms with Crippen molar-refractivity contribution >= 4 is 63.7 Å². The van der Waals surface area contributed by atoms with Crippen LogP contribution in [0.1, 0.15) is 179 Å². The zero-order valence-electron chi connectivity index (χ0n) is 48.9. The summed E-state index contributed by atoms with van der Waals surface area (Å²) < 4.78 is 10.6. The van der Waals surface area contributed by atoms with Gasteiger partial charge in [0, 0.05) is 98.4 Å². The third-order valence-corrected chi connectivity index (χ3v) is 15.9. The Kier molecular flexibility index (Phi) is 16.8. The molecule has 0 radical (unpaired) electrons. The van der Waals surface area contributed by atoms with Crippen LogP contribution in [0.2, 0.25) is 0 Å². The molecule has 3 aromatic heterocycles. The summed E-state index contributed by atoms with van der Waals surface area (Å²) >= 11 is 0. The number of nitrogens with one attached hydrogen (secondary N) is 7. The monoisotopic (exact) mass is 1130 g/mol. The van der Waals surface area contributed by atoms with Crippen LogP contribution in [0, 0.1) is 0 Å². The van der Waals surface area contributed by atoms with Gasteiger partial charge in [-0.25, -0.2) is 29.5 Å². The number of carbonyl (C=O) groups excluding carboxylic acids is 4. The van der Waals surface area contributed by atoms with Gasteiger partial charge in [-0.3, -0.25) is 20.2 Å². The number of allylic oxidation sites excluding steroid dienone is 1. The molecule has 7 aromatic rings. The van der Waals surface area contributed by atoms with Gasteiger partial charge in [0.2, 0.25) is 11.9 Å². The number of rotatable bonds is 14. The largest absolute Gasteiger partial charge is 0.444 e. The first kappa shape index (κ1) is 57.2. The summed E-state index contributed by atoms with van der Waals surface area (Å²) in [6.07, 6.45) is 20.5. The zero-order chi connectivity index (χ0) is 58.5. The second kappa shape index (κ2) is 24.7. The van der Waals surface area contributed by atoms with Gasteiger partial charge in [-0.05, 0) is 203 Å². The number of hydrogen-bond acceptors (Lipinski definition) is 12. The van der Waals surface area contributed by atoms with Crippen molar-refractivity contribution in [2.45, 2.75) is 172 Å². The molecule has 4 aromatic carbocycles. The van der Waals surface area contributed by atoms with E-state index in [-0.39, 0.29) is 36.0 Å². The topological polar surface area (TPSA) is 226 Å². The Labute approximate surface area is 491 Å². The van der Waals surface area contributed by atoms with Crippen molar-refractivity contribution in [1.29, 1.82) is 0 Å². The van der Waals surface area contributed by atoms with Crippen molar-refractivity contribution in [3.8, 4) is 11.3 Å². The molecule has 4 fully saturated rings. The molecule has 4 atom stereocenters. The van der Waals surface area contributed by atoms with Crippen LogP contribution in [0.25, 0.3) is 27.7 Å². The smallest absolute Gasteiger partial charge is 0.412 e. The highest BCUT2D eigenvalue weighted by molar-refractivity contribution is 5.97. The molecule has 0 spiro atoms. The number of nitrogens with zero attached hydrogens (tertiary/aromatic N) is 4. The fourth-order valence-corrected chi connectivity index (χ4v) is 11.6. The summed E-state index contributed by atoms with van der Waals surface area (Å²) in [5.74, 6) is 2.12. The lowest BCUT2D eigenvalue weighted by Crippen LogP contribution is -2.42. The lowest BCUT2D eigenvalue weighted by Gasteiger charge is -2.30. The lowest BCUT2D eigenvalue weighted by atomic mass is 9.91. The number of ether oxygens (including phenoxy) is 2. The molecule has 4 saturated carbocycles. The van der Waals surface area contributed by atoms with Crippen molar-refractivity contribution in [3.63, 3.8) is 0 Å². The van der Waals surface area contributed by atoms with E-state index in [1.54, 1.807) is 48.5 Å². The van der Waals surface area contributed by atoms with E-state index in [9.17, 15) is 19.2 Å². The maximum absolute atomic E-state index is 13.0. The molecule has 0 unspecified atom stereocenters. The Morgan fingerprint density at radius 3 is 1.54 bits per heavy atom. The molecule has 5 aliphatic rings. The van der Waals surface area contributed by atoms with Crippen LogP contribution in [0.15, 0.2) is 122 Å². The van der Waals surface area contributed by atoms with Crippen LogP contribution >= 0.6 is 0 Å². The number of para-hydroxylation sites is 1. The fourth-order valence-electron chi connectivity index (χ4n) is 11.6. The van der Waals surface area contributed by atoms with Crippen LogP contribution in [0.4, 0.5) is 32.9 Å². The summed E-state index contributed by atoms with van der Waals surface area (Å²) in [6, 6.07) is 31.0. The van der Waals surface area contributed by atoms with E-state index in [1.807, 2.05) is 60.0 Å². The number of fused-ring (bicyclic) bond motifs is 2. The summed E-state index contributed by atoms with van der Waals surface area (Å²) in [6.45, 7) is 10.9. The zero-order valence-corrected chi connectivity index (χ0v) is 48.9. The summed E-state index contributed by atoms with van der Waals surface area (Å²) in [5, 5.41) is 20.1. The third kappa shape index (κ3) is 14.8. The van der Waals surface area contributed by atoms with Crippen molar-refractivity contribution < 1.29 is 28.7 Å². The van der Waals surface area contributed by atoms with Gasteiger partial charge in [-0.2, -0.15) is 0 Å². The van der Waals surface area contributed by atoms with Crippen LogP contribution in [-0.4, -0.2) is 84.3 Å². The van der Waals surface area contributed by atoms with E-state index in [4.69, 9.17) is 29.4 Å². The molecule has 0 aliphatic heterocycles. The van der Waals surface area contributed by atoms with Crippen molar-refractivity contribution in [2.24, 2.45) is 0 Å². The molecule has 84 heavy (non-hydrogen) atoms. The maximum atomic E-state index is 13.0. The number of carbonyl (C=O) groups is 4. The number of benzene rings is 4. The second-order valence-corrected chi connectivity index (χ2v) is 25.0. The van der Waals surface area contributed by atoms with Gasteiger partial charge in [0.1, 0.15) is 11.2 Å². The summed E-state index contributed by atoms with van der Waals surface area (Å²) in [7, 11) is 0. The van der Waals surface area contributed by atoms with Gasteiger partial charge >= 0.3 is 12.2 Å². The van der Waals surface area contributed by atoms with Crippen molar-refractivity contribution in [3.05, 3.63) is 161 Å². The normalized spacial score (nSPS) is 19.3. The highest BCUT2D eigenvalue weighted by Gasteiger charge is 2.33. The van der Waals surface area contributed by atoms with E-state index in [1.165, 1.54) is 53.5 Å². The molecular formula is C67H77N11O6. The van der Waals surface area contributed by atoms with E-state index >= 15 is 0 Å². The molecule has 5 aliphatic carbocycles. The van der Waals surface area contributed by atoms with Gasteiger partial charge in [-0.15, -0.1) is 0 Å². The standard InChI is InChI=1S/C34H39N5O3.C33H38N6O3/c1-34(2,3)42-33(41)38-24-16-13-23(14-17-24)31(40)36-25-8-6-9-26(19-25)37-32-35-20-29(22-11-12-22)30(39-32)28-18-15-21-7-4-5-10-27(21)28;1-33(2,3)42-32(41)38-22-15-13-21(14-16-22)30(40)36-23-7-6-8-24(17-23)37-31-35-18-26(20-11-12-20)29(39-31)27-19-34-28-10-5-4-9-25(27)28/h4-5,7,10,13-14,16-18,20,22,25-26H,6,8-9,11-12,15,19H2,1-3H3,(H,36,40)(H,38,41)(H,35,37,39);4-5,9-10,13-16,18-20,23-24,34H,6-8,11-12,17H2,1-3H3,(H,36,40)(H,38,41)(H,35,37,39)/t25-,26+;23-,24+/m00/s1. The minimum Gasteiger partial charge on any atom is -0.444 e. The number of aromatic amines is 1. The van der Waals surface area contributed by atoms with E-state index in [2.05, 4.69) is 91.6 Å². The van der Waals surface area contributed by atoms with Crippen LogP contribution in [0.5, 0.6) is 0 Å². The van der Waals surface area contributed by atoms with Crippen LogP contribution in [0.3, 0.4) is 0 Å². The van der Waals surface area contributed by atoms with Gasteiger partial charge in [0.05, 0.1) is 11.4 Å². The maximum Gasteiger partial charge on any atom is 0.412 e. The highest BCUT2D eigenvalue weighted by Crippen LogP contribution is 2.46. The average molecular weight is 1130 g/mol. The molecule has 7 N–H and O–H groups in total. The molecule has 12 rings (SSSR count). The molecule has 17 heteroatoms. The molecule has 0 saturated heterocycles. The lowest BCUT2D eigenvalue weighted by molar-refractivity contribution is 0.0624. The Morgan fingerprint density at radius 2 is 1.01 bits per heavy atom. The first-order valence-electron chi connectivity index (χ1n) is 29.9. The van der Waals surface area contributed by atoms with E-state index in [0.717, 1.165) is 85.6 Å².